The van der Waals surface area contributed by atoms with Crippen LogP contribution in [0.4, 0.5) is 10.1 Å². The van der Waals surface area contributed by atoms with Gasteiger partial charge in [0.05, 0.1) is 26.4 Å². The summed E-state index contributed by atoms with van der Waals surface area (Å²) < 4.78 is 27.6. The first-order valence-electron chi connectivity index (χ1n) is 8.21. The van der Waals surface area contributed by atoms with E-state index in [9.17, 15) is 4.39 Å². The lowest BCUT2D eigenvalue weighted by Gasteiger charge is -2.07. The van der Waals surface area contributed by atoms with E-state index in [0.717, 1.165) is 27.8 Å². The smallest absolute Gasteiger partial charge is 0.113 e. The molecule has 0 saturated heterocycles. The number of nitrogens with one attached hydrogen (secondary N) is 1. The third kappa shape index (κ3) is 5.92. The number of hydrogen-bond donors (Lipinski definition) is 2. The van der Waals surface area contributed by atoms with E-state index in [1.807, 2.05) is 37.3 Å². The Labute approximate surface area is 147 Å². The summed E-state index contributed by atoms with van der Waals surface area (Å²) in [5, 5.41) is 1.10. The van der Waals surface area contributed by atoms with E-state index >= 15 is 0 Å². The molecule has 0 amide bonds. The first-order chi connectivity index (χ1) is 12.1. The van der Waals surface area contributed by atoms with E-state index in [-0.39, 0.29) is 6.61 Å². The molecule has 25 heavy (non-hydrogen) atoms. The molecule has 0 aliphatic carbocycles. The van der Waals surface area contributed by atoms with Crippen molar-refractivity contribution in [2.75, 3.05) is 45.4 Å². The van der Waals surface area contributed by atoms with Crippen molar-refractivity contribution in [3.63, 3.8) is 0 Å². The molecule has 0 unspecified atom stereocenters. The van der Waals surface area contributed by atoms with Crippen LogP contribution in [-0.2, 0) is 14.2 Å². The first-order valence-corrected chi connectivity index (χ1v) is 8.21. The zero-order chi connectivity index (χ0) is 18.1. The Balaban J connectivity index is 1.76. The predicted octanol–water partition coefficient (Wildman–Crippen LogP) is 3.60. The number of anilines is 1. The van der Waals surface area contributed by atoms with Crippen LogP contribution in [-0.4, -0.2) is 44.7 Å². The third-order valence-corrected chi connectivity index (χ3v) is 3.60. The number of H-pyrrole nitrogens is 1. The van der Waals surface area contributed by atoms with E-state index in [0.29, 0.717) is 32.2 Å². The topological polar surface area (TPSA) is 69.5 Å². The molecule has 0 fully saturated rings. The maximum Gasteiger partial charge on any atom is 0.113 e. The highest BCUT2D eigenvalue weighted by atomic mass is 19.1. The second-order valence-electron chi connectivity index (χ2n) is 5.53. The molecule has 0 atom stereocenters. The number of rotatable bonds is 11. The summed E-state index contributed by atoms with van der Waals surface area (Å²) in [6.45, 7) is 7.16. The summed E-state index contributed by atoms with van der Waals surface area (Å²) in [7, 11) is 0. The molecular formula is C19H25FN2O3. The van der Waals surface area contributed by atoms with Gasteiger partial charge in [-0.15, -0.1) is 0 Å². The fourth-order valence-corrected chi connectivity index (χ4v) is 2.42. The number of benzene rings is 1. The van der Waals surface area contributed by atoms with Crippen molar-refractivity contribution < 1.29 is 18.6 Å². The van der Waals surface area contributed by atoms with Gasteiger partial charge >= 0.3 is 0 Å². The Kier molecular flexibility index (Phi) is 7.50. The van der Waals surface area contributed by atoms with Crippen molar-refractivity contribution in [3.05, 3.63) is 47.9 Å². The van der Waals surface area contributed by atoms with Gasteiger partial charge in [0.15, 0.2) is 0 Å². The van der Waals surface area contributed by atoms with Gasteiger partial charge in [-0.3, -0.25) is 0 Å². The van der Waals surface area contributed by atoms with Gasteiger partial charge in [0.2, 0.25) is 0 Å². The minimum atomic E-state index is -0.474. The quantitative estimate of drug-likeness (QED) is 0.282. The molecule has 0 bridgehead atoms. The van der Waals surface area contributed by atoms with Gasteiger partial charge in [0.25, 0.3) is 0 Å². The Morgan fingerprint density at radius 2 is 1.92 bits per heavy atom. The molecular weight excluding hydrogens is 323 g/mol. The summed E-state index contributed by atoms with van der Waals surface area (Å²) in [5.74, 6) is 0.557. The summed E-state index contributed by atoms with van der Waals surface area (Å²) in [6.07, 6.45) is 3.80. The summed E-state index contributed by atoms with van der Waals surface area (Å²) in [4.78, 5) is 3.32. The number of allylic oxidation sites excluding steroid dienone is 1. The molecule has 2 rings (SSSR count). The molecule has 1 aromatic carbocycles. The van der Waals surface area contributed by atoms with Crippen LogP contribution in [0, 0.1) is 6.92 Å². The highest BCUT2D eigenvalue weighted by Crippen LogP contribution is 2.25. The number of halogens is 1. The molecule has 1 heterocycles. The Morgan fingerprint density at radius 3 is 2.68 bits per heavy atom. The Bertz CT molecular complexity index is 725. The zero-order valence-corrected chi connectivity index (χ0v) is 14.5. The Morgan fingerprint density at radius 1 is 1.20 bits per heavy atom. The van der Waals surface area contributed by atoms with Crippen LogP contribution < -0.4 is 5.73 Å². The molecule has 0 aliphatic heterocycles. The molecule has 136 valence electrons. The molecule has 3 N–H and O–H groups in total. The highest BCUT2D eigenvalue weighted by Gasteiger charge is 2.05. The second kappa shape index (κ2) is 9.86. The second-order valence-corrected chi connectivity index (χ2v) is 5.53. The minimum absolute atomic E-state index is 0.112. The van der Waals surface area contributed by atoms with Gasteiger partial charge in [-0.05, 0) is 31.2 Å². The average molecular weight is 348 g/mol. The number of aromatic nitrogens is 1. The molecule has 6 heteroatoms. The van der Waals surface area contributed by atoms with Crippen LogP contribution in [0.15, 0.2) is 36.6 Å². The number of nitrogen functional groups attached to an aromatic ring is 1. The zero-order valence-electron chi connectivity index (χ0n) is 14.5. The van der Waals surface area contributed by atoms with Crippen molar-refractivity contribution in [2.24, 2.45) is 0 Å². The number of aromatic amines is 1. The van der Waals surface area contributed by atoms with Crippen molar-refractivity contribution in [1.82, 2.24) is 4.98 Å². The molecule has 0 aliphatic rings. The van der Waals surface area contributed by atoms with E-state index in [2.05, 4.69) is 11.6 Å². The molecule has 0 saturated carbocycles. The van der Waals surface area contributed by atoms with Crippen molar-refractivity contribution in [2.45, 2.75) is 6.92 Å². The van der Waals surface area contributed by atoms with E-state index < -0.39 is 6.67 Å². The standard InChI is InChI=1S/C19H25FN2O3/c1-14(25-12-11-24-10-9-23-8-7-20)3-5-17-15(2)22-19-13-16(21)4-6-18(17)19/h3-6,13,22H,1,7-12,21H2,2H3/b5-3-. The lowest BCUT2D eigenvalue weighted by molar-refractivity contribution is 0.0252. The van der Waals surface area contributed by atoms with Gasteiger partial charge in [-0.25, -0.2) is 4.39 Å². The fourth-order valence-electron chi connectivity index (χ4n) is 2.42. The van der Waals surface area contributed by atoms with Crippen LogP contribution in [0.2, 0.25) is 0 Å². The van der Waals surface area contributed by atoms with Gasteiger partial charge in [0.1, 0.15) is 19.0 Å². The first kappa shape index (κ1) is 19.0. The number of fused-ring (bicyclic) bond motifs is 1. The fraction of sp³-hybridized carbons (Fsp3) is 0.368. The molecule has 2 aromatic rings. The van der Waals surface area contributed by atoms with Crippen molar-refractivity contribution in [1.29, 1.82) is 0 Å². The lowest BCUT2D eigenvalue weighted by Crippen LogP contribution is -2.09. The molecule has 1 aromatic heterocycles. The van der Waals surface area contributed by atoms with E-state index in [1.165, 1.54) is 0 Å². The van der Waals surface area contributed by atoms with Gasteiger partial charge < -0.3 is 24.9 Å². The normalized spacial score (nSPS) is 11.4. The van der Waals surface area contributed by atoms with E-state index in [1.54, 1.807) is 0 Å². The molecule has 5 nitrogen and oxygen atoms in total. The van der Waals surface area contributed by atoms with Crippen LogP contribution in [0.5, 0.6) is 0 Å². The van der Waals surface area contributed by atoms with Crippen LogP contribution >= 0.6 is 0 Å². The number of aryl methyl sites for hydroxylation is 1. The summed E-state index contributed by atoms with van der Waals surface area (Å²) in [5.41, 5.74) is 9.69. The lowest BCUT2D eigenvalue weighted by atomic mass is 10.1. The van der Waals surface area contributed by atoms with Crippen molar-refractivity contribution in [3.8, 4) is 0 Å². The van der Waals surface area contributed by atoms with Crippen molar-refractivity contribution >= 4 is 22.7 Å². The third-order valence-electron chi connectivity index (χ3n) is 3.60. The Hall–Kier alpha value is -2.31. The average Bonchev–Trinajstić information content (AvgIpc) is 2.89. The van der Waals surface area contributed by atoms with Gasteiger partial charge in [0, 0.05) is 27.8 Å². The number of alkyl halides is 1. The SMILES string of the molecule is C=C(/C=C\c1c(C)[nH]c2cc(N)ccc12)OCCOCCOCCF. The number of ether oxygens (including phenoxy) is 3. The summed E-state index contributed by atoms with van der Waals surface area (Å²) >= 11 is 0. The maximum atomic E-state index is 11.8. The van der Waals surface area contributed by atoms with Crippen LogP contribution in [0.25, 0.3) is 17.0 Å². The number of nitrogens with two attached hydrogens (primary N) is 1. The van der Waals surface area contributed by atoms with Crippen LogP contribution in [0.3, 0.4) is 0 Å². The van der Waals surface area contributed by atoms with Crippen LogP contribution in [0.1, 0.15) is 11.3 Å². The minimum Gasteiger partial charge on any atom is -0.492 e. The monoisotopic (exact) mass is 348 g/mol. The van der Waals surface area contributed by atoms with Gasteiger partial charge in [-0.2, -0.15) is 0 Å². The predicted molar refractivity (Wildman–Crippen MR) is 99.2 cm³/mol. The van der Waals surface area contributed by atoms with E-state index in [4.69, 9.17) is 19.9 Å². The summed E-state index contributed by atoms with van der Waals surface area (Å²) in [6, 6.07) is 5.79. The van der Waals surface area contributed by atoms with Gasteiger partial charge in [-0.1, -0.05) is 12.6 Å². The molecule has 0 spiro atoms. The largest absolute Gasteiger partial charge is 0.492 e. The number of hydrogen-bond acceptors (Lipinski definition) is 4. The molecule has 0 radical (unpaired) electrons. The highest BCUT2D eigenvalue weighted by molar-refractivity contribution is 5.92. The maximum absolute atomic E-state index is 11.8.